The summed E-state index contributed by atoms with van der Waals surface area (Å²) in [6, 6.07) is 84.2. The van der Waals surface area contributed by atoms with E-state index in [4.69, 9.17) is 15.0 Å². The lowest BCUT2D eigenvalue weighted by Gasteiger charge is -2.31. The zero-order valence-corrected chi connectivity index (χ0v) is 36.7. The lowest BCUT2D eigenvalue weighted by molar-refractivity contribution is 0.795. The minimum Gasteiger partial charge on any atom is -0.309 e. The number of nitrogens with zero attached hydrogens (tertiary/aromatic N) is 4. The van der Waals surface area contributed by atoms with Crippen LogP contribution < -0.4 is 0 Å². The van der Waals surface area contributed by atoms with Crippen molar-refractivity contribution in [1.82, 2.24) is 19.5 Å². The maximum absolute atomic E-state index is 5.14. The van der Waals surface area contributed by atoms with Gasteiger partial charge in [0.1, 0.15) is 0 Å². The van der Waals surface area contributed by atoms with Crippen molar-refractivity contribution in [2.45, 2.75) is 5.41 Å². The van der Waals surface area contributed by atoms with E-state index < -0.39 is 5.41 Å². The lowest BCUT2D eigenvalue weighted by atomic mass is 9.70. The summed E-state index contributed by atoms with van der Waals surface area (Å²) in [5.74, 6) is 1.94. The van der Waals surface area contributed by atoms with E-state index >= 15 is 0 Å². The van der Waals surface area contributed by atoms with Gasteiger partial charge in [0.2, 0.25) is 0 Å². The van der Waals surface area contributed by atoms with Crippen LogP contribution in [0, 0.1) is 0 Å². The molecule has 0 fully saturated rings. The van der Waals surface area contributed by atoms with Crippen LogP contribution in [0.3, 0.4) is 0 Å². The van der Waals surface area contributed by atoms with Crippen LogP contribution in [0.2, 0.25) is 0 Å². The smallest absolute Gasteiger partial charge is 0.164 e. The molecule has 2 aromatic heterocycles. The third-order valence-corrected chi connectivity index (χ3v) is 14.8. The fourth-order valence-corrected chi connectivity index (χ4v) is 12.0. The molecule has 0 saturated carbocycles. The topological polar surface area (TPSA) is 43.6 Å². The predicted molar refractivity (Wildman–Crippen MR) is 279 cm³/mol. The van der Waals surface area contributed by atoms with Crippen LogP contribution in [-0.4, -0.2) is 19.5 Å². The van der Waals surface area contributed by atoms with Gasteiger partial charge in [-0.15, -0.1) is 0 Å². The Kier molecular flexibility index (Phi) is 7.67. The normalized spacial score (nSPS) is 13.1. The minimum atomic E-state index is -0.518. The van der Waals surface area contributed by atoms with Gasteiger partial charge < -0.3 is 4.57 Å². The SMILES string of the molecule is c1ccc(-c2nc(-c3ccccc3)nc(-c3ccc4c(c3)c3ccccc3c3cc5c(cc43)C3(c4ccccc4-c4ccccc43)c3ccc(-n4c6ccccc6c6ccccc64)cc3-5)n2)cc1. The van der Waals surface area contributed by atoms with Crippen LogP contribution in [0.1, 0.15) is 22.3 Å². The van der Waals surface area contributed by atoms with E-state index in [1.54, 1.807) is 0 Å². The number of hydrogen-bond acceptors (Lipinski definition) is 3. The summed E-state index contributed by atoms with van der Waals surface area (Å²) >= 11 is 0. The Balaban J connectivity index is 1.01. The van der Waals surface area contributed by atoms with E-state index in [-0.39, 0.29) is 0 Å². The third kappa shape index (κ3) is 5.06. The first kappa shape index (κ1) is 37.3. The van der Waals surface area contributed by atoms with E-state index in [1.165, 1.54) is 98.6 Å². The summed E-state index contributed by atoms with van der Waals surface area (Å²) in [6.45, 7) is 0. The van der Waals surface area contributed by atoms with Crippen LogP contribution in [-0.2, 0) is 5.41 Å². The molecule has 2 aliphatic rings. The summed E-state index contributed by atoms with van der Waals surface area (Å²) in [4.78, 5) is 15.3. The monoisotopic (exact) mass is 862 g/mol. The quantitative estimate of drug-likeness (QED) is 0.166. The molecular formula is C64H38N4. The molecule has 15 rings (SSSR count). The Morgan fingerprint density at radius 1 is 0.265 bits per heavy atom. The summed E-state index contributed by atoms with van der Waals surface area (Å²) in [5.41, 5.74) is 16.3. The summed E-state index contributed by atoms with van der Waals surface area (Å²) in [7, 11) is 0. The molecule has 2 aliphatic carbocycles. The number of rotatable bonds is 4. The van der Waals surface area contributed by atoms with Gasteiger partial charge in [0.25, 0.3) is 0 Å². The molecule has 1 spiro atoms. The van der Waals surface area contributed by atoms with E-state index in [9.17, 15) is 0 Å². The van der Waals surface area contributed by atoms with Crippen LogP contribution in [0.4, 0.5) is 0 Å². The highest BCUT2D eigenvalue weighted by molar-refractivity contribution is 6.27. The molecule has 0 radical (unpaired) electrons. The lowest BCUT2D eigenvalue weighted by Crippen LogP contribution is -2.25. The van der Waals surface area contributed by atoms with Crippen molar-refractivity contribution >= 4 is 54.1 Å². The molecule has 2 heterocycles. The standard InChI is InChI=1S/C64H38N4/c1-3-17-39(18-4-1)61-65-62(40-19-5-2-6-20-40)67-63(66-61)41-31-33-45-50(35-41)43-21-7-8-22-44(43)51-37-54-53-36-42(68-59-29-15-11-25-48(59)49-26-12-16-30-60(49)68)32-34-57(53)64(58(54)38-52(45)51)55-27-13-9-23-46(55)47-24-10-14-28-56(47)64/h1-38H. The highest BCUT2D eigenvalue weighted by Crippen LogP contribution is 2.64. The second-order valence-electron chi connectivity index (χ2n) is 18.2. The predicted octanol–water partition coefficient (Wildman–Crippen LogP) is 15.8. The van der Waals surface area contributed by atoms with Gasteiger partial charge in [-0.25, -0.2) is 15.0 Å². The van der Waals surface area contributed by atoms with Gasteiger partial charge in [-0.05, 0) is 119 Å². The minimum absolute atomic E-state index is 0.518. The fraction of sp³-hybridized carbons (Fsp3) is 0.0156. The molecule has 4 nitrogen and oxygen atoms in total. The number of aromatic nitrogens is 4. The van der Waals surface area contributed by atoms with Gasteiger partial charge in [-0.2, -0.15) is 0 Å². The van der Waals surface area contributed by atoms with Gasteiger partial charge in [-0.3, -0.25) is 0 Å². The molecule has 0 unspecified atom stereocenters. The molecule has 314 valence electrons. The van der Waals surface area contributed by atoms with Crippen molar-refractivity contribution in [2.75, 3.05) is 0 Å². The van der Waals surface area contributed by atoms with Gasteiger partial charge in [0, 0.05) is 33.2 Å². The number of para-hydroxylation sites is 2. The van der Waals surface area contributed by atoms with Crippen molar-refractivity contribution < 1.29 is 0 Å². The second-order valence-corrected chi connectivity index (χ2v) is 18.2. The molecular weight excluding hydrogens is 825 g/mol. The number of fused-ring (bicyclic) bond motifs is 19. The summed E-state index contributed by atoms with van der Waals surface area (Å²) < 4.78 is 2.45. The van der Waals surface area contributed by atoms with Gasteiger partial charge in [0.15, 0.2) is 17.5 Å². The highest BCUT2D eigenvalue weighted by Gasteiger charge is 2.52. The molecule has 11 aromatic carbocycles. The van der Waals surface area contributed by atoms with Crippen molar-refractivity contribution in [1.29, 1.82) is 0 Å². The molecule has 0 amide bonds. The Morgan fingerprint density at radius 2 is 0.706 bits per heavy atom. The van der Waals surface area contributed by atoms with Crippen LogP contribution >= 0.6 is 0 Å². The average molecular weight is 863 g/mol. The third-order valence-electron chi connectivity index (χ3n) is 14.8. The maximum Gasteiger partial charge on any atom is 0.164 e. The molecule has 0 bridgehead atoms. The first-order chi connectivity index (χ1) is 33.7. The fourth-order valence-electron chi connectivity index (χ4n) is 12.0. The van der Waals surface area contributed by atoms with Crippen LogP contribution in [0.25, 0.3) is 116 Å². The van der Waals surface area contributed by atoms with Crippen LogP contribution in [0.15, 0.2) is 231 Å². The first-order valence-corrected chi connectivity index (χ1v) is 23.4. The molecule has 13 aromatic rings. The molecule has 0 saturated heterocycles. The Bertz CT molecular complexity index is 4110. The number of benzene rings is 11. The van der Waals surface area contributed by atoms with Gasteiger partial charge in [-0.1, -0.05) is 188 Å². The molecule has 0 aliphatic heterocycles. The maximum atomic E-state index is 5.14. The van der Waals surface area contributed by atoms with E-state index in [0.717, 1.165) is 22.4 Å². The van der Waals surface area contributed by atoms with E-state index in [1.807, 2.05) is 36.4 Å². The number of hydrogen-bond donors (Lipinski definition) is 0. The van der Waals surface area contributed by atoms with Gasteiger partial charge >= 0.3 is 0 Å². The Morgan fingerprint density at radius 3 is 1.31 bits per heavy atom. The van der Waals surface area contributed by atoms with E-state index in [2.05, 4.69) is 199 Å². The average Bonchev–Trinajstić information content (AvgIpc) is 4.02. The first-order valence-electron chi connectivity index (χ1n) is 23.4. The second kappa shape index (κ2) is 14.0. The zero-order chi connectivity index (χ0) is 44.5. The highest BCUT2D eigenvalue weighted by atomic mass is 15.0. The van der Waals surface area contributed by atoms with Crippen LogP contribution in [0.5, 0.6) is 0 Å². The van der Waals surface area contributed by atoms with E-state index in [0.29, 0.717) is 17.5 Å². The van der Waals surface area contributed by atoms with Crippen molar-refractivity contribution in [2.24, 2.45) is 0 Å². The van der Waals surface area contributed by atoms with Gasteiger partial charge in [0.05, 0.1) is 16.4 Å². The Labute approximate surface area is 392 Å². The molecule has 4 heteroatoms. The summed E-state index contributed by atoms with van der Waals surface area (Å²) in [6.07, 6.45) is 0. The van der Waals surface area contributed by atoms with Crippen molar-refractivity contribution in [3.63, 3.8) is 0 Å². The summed E-state index contributed by atoms with van der Waals surface area (Å²) in [5, 5.41) is 9.76. The van der Waals surface area contributed by atoms with Crippen molar-refractivity contribution in [3.05, 3.63) is 253 Å². The molecule has 0 N–H and O–H groups in total. The largest absolute Gasteiger partial charge is 0.309 e. The molecule has 0 atom stereocenters. The molecule has 68 heavy (non-hydrogen) atoms. The zero-order valence-electron chi connectivity index (χ0n) is 36.7. The Hall–Kier alpha value is -8.99. The van der Waals surface area contributed by atoms with Crippen molar-refractivity contribution in [3.8, 4) is 62.1 Å².